The molecule has 0 heterocycles. The van der Waals surface area contributed by atoms with E-state index in [0.29, 0.717) is 12.3 Å². The molecule has 0 radical (unpaired) electrons. The summed E-state index contributed by atoms with van der Waals surface area (Å²) >= 11 is 0. The molecule has 1 aliphatic rings. The molecule has 0 amide bonds. The van der Waals surface area contributed by atoms with Crippen LogP contribution in [0.3, 0.4) is 0 Å². The number of benzene rings is 1. The van der Waals surface area contributed by atoms with Gasteiger partial charge in [0.2, 0.25) is 0 Å². The maximum Gasteiger partial charge on any atom is 0.0546 e. The summed E-state index contributed by atoms with van der Waals surface area (Å²) in [6.45, 7) is 2.10. The van der Waals surface area contributed by atoms with Gasteiger partial charge in [-0.15, -0.1) is 0 Å². The van der Waals surface area contributed by atoms with Crippen molar-refractivity contribution in [2.75, 3.05) is 20.2 Å². The van der Waals surface area contributed by atoms with Crippen LogP contribution in [0, 0.1) is 17.8 Å². The minimum absolute atomic E-state index is 0.0646. The predicted octanol–water partition coefficient (Wildman–Crippen LogP) is 1.62. The molecule has 20 heavy (non-hydrogen) atoms. The van der Waals surface area contributed by atoms with Crippen molar-refractivity contribution < 1.29 is 10.2 Å². The molecule has 0 unspecified atom stereocenters. The van der Waals surface area contributed by atoms with E-state index in [1.54, 1.807) is 0 Å². The highest BCUT2D eigenvalue weighted by Crippen LogP contribution is 2.27. The van der Waals surface area contributed by atoms with Crippen molar-refractivity contribution in [3.63, 3.8) is 0 Å². The Morgan fingerprint density at radius 3 is 2.55 bits per heavy atom. The SMILES string of the molecule is CN(Cc1ccc(C#CCCO)cc1)CC1CC(O)C1. The molecule has 2 rings (SSSR count). The van der Waals surface area contributed by atoms with E-state index in [-0.39, 0.29) is 12.7 Å². The van der Waals surface area contributed by atoms with Crippen LogP contribution >= 0.6 is 0 Å². The number of hydrogen-bond acceptors (Lipinski definition) is 3. The maximum atomic E-state index is 9.29. The van der Waals surface area contributed by atoms with Gasteiger partial charge in [-0.05, 0) is 43.5 Å². The first-order chi connectivity index (χ1) is 9.67. The Morgan fingerprint density at radius 2 is 1.95 bits per heavy atom. The number of aliphatic hydroxyl groups is 2. The molecule has 2 N–H and O–H groups in total. The lowest BCUT2D eigenvalue weighted by atomic mass is 9.82. The average molecular weight is 273 g/mol. The first kappa shape index (κ1) is 15.1. The summed E-state index contributed by atoms with van der Waals surface area (Å²) in [4.78, 5) is 2.31. The summed E-state index contributed by atoms with van der Waals surface area (Å²) < 4.78 is 0. The van der Waals surface area contributed by atoms with E-state index in [9.17, 15) is 5.11 Å². The number of rotatable bonds is 5. The predicted molar refractivity (Wildman–Crippen MR) is 80.1 cm³/mol. The van der Waals surface area contributed by atoms with E-state index < -0.39 is 0 Å². The first-order valence-electron chi connectivity index (χ1n) is 7.22. The molecule has 3 heteroatoms. The van der Waals surface area contributed by atoms with Crippen LogP contribution in [-0.4, -0.2) is 41.4 Å². The van der Waals surface area contributed by atoms with Gasteiger partial charge >= 0.3 is 0 Å². The molecule has 0 aromatic heterocycles. The van der Waals surface area contributed by atoms with Gasteiger partial charge in [-0.1, -0.05) is 24.0 Å². The lowest BCUT2D eigenvalue weighted by Crippen LogP contribution is -2.36. The quantitative estimate of drug-likeness (QED) is 0.801. The summed E-state index contributed by atoms with van der Waals surface area (Å²) in [6, 6.07) is 8.27. The zero-order chi connectivity index (χ0) is 14.4. The van der Waals surface area contributed by atoms with Gasteiger partial charge in [0.05, 0.1) is 12.7 Å². The maximum absolute atomic E-state index is 9.29. The lowest BCUT2D eigenvalue weighted by Gasteiger charge is -2.34. The Kier molecular flexibility index (Phi) is 5.60. The van der Waals surface area contributed by atoms with Crippen LogP contribution in [0.2, 0.25) is 0 Å². The highest BCUT2D eigenvalue weighted by atomic mass is 16.3. The summed E-state index contributed by atoms with van der Waals surface area (Å²) in [5, 5.41) is 18.0. The van der Waals surface area contributed by atoms with E-state index in [4.69, 9.17) is 5.11 Å². The van der Waals surface area contributed by atoms with Crippen LogP contribution in [-0.2, 0) is 6.54 Å². The molecule has 1 aromatic carbocycles. The van der Waals surface area contributed by atoms with Gasteiger partial charge in [-0.3, -0.25) is 0 Å². The Labute approximate surface area is 121 Å². The molecule has 0 atom stereocenters. The monoisotopic (exact) mass is 273 g/mol. The second-order valence-electron chi connectivity index (χ2n) is 5.66. The van der Waals surface area contributed by atoms with Crippen molar-refractivity contribution in [3.8, 4) is 11.8 Å². The normalized spacial score (nSPS) is 21.2. The lowest BCUT2D eigenvalue weighted by molar-refractivity contribution is 0.0274. The fraction of sp³-hybridized carbons (Fsp3) is 0.529. The molecule has 1 fully saturated rings. The van der Waals surface area contributed by atoms with Gasteiger partial charge in [0.1, 0.15) is 0 Å². The Hall–Kier alpha value is -1.34. The van der Waals surface area contributed by atoms with E-state index in [1.807, 2.05) is 12.1 Å². The second kappa shape index (κ2) is 7.44. The van der Waals surface area contributed by atoms with Crippen LogP contribution in [0.1, 0.15) is 30.4 Å². The van der Waals surface area contributed by atoms with Gasteiger partial charge in [0.25, 0.3) is 0 Å². The molecule has 1 saturated carbocycles. The third kappa shape index (κ3) is 4.64. The first-order valence-corrected chi connectivity index (χ1v) is 7.22. The molecule has 0 spiro atoms. The highest BCUT2D eigenvalue weighted by Gasteiger charge is 2.27. The van der Waals surface area contributed by atoms with Gasteiger partial charge < -0.3 is 15.1 Å². The Balaban J connectivity index is 1.79. The smallest absolute Gasteiger partial charge is 0.0546 e. The third-order valence-electron chi connectivity index (χ3n) is 3.66. The minimum Gasteiger partial charge on any atom is -0.395 e. The van der Waals surface area contributed by atoms with Gasteiger partial charge in [-0.2, -0.15) is 0 Å². The molecular weight excluding hydrogens is 250 g/mol. The Bertz CT molecular complexity index is 466. The van der Waals surface area contributed by atoms with E-state index >= 15 is 0 Å². The third-order valence-corrected chi connectivity index (χ3v) is 3.66. The van der Waals surface area contributed by atoms with Crippen molar-refractivity contribution in [1.82, 2.24) is 4.90 Å². The van der Waals surface area contributed by atoms with Gasteiger partial charge in [-0.25, -0.2) is 0 Å². The van der Waals surface area contributed by atoms with E-state index in [0.717, 1.165) is 31.5 Å². The number of hydrogen-bond donors (Lipinski definition) is 2. The summed E-state index contributed by atoms with van der Waals surface area (Å²) in [7, 11) is 2.12. The standard InChI is InChI=1S/C17H23NO2/c1-18(13-16-10-17(20)11-16)12-15-7-5-14(6-8-15)4-2-3-9-19/h5-8,16-17,19-20H,3,9-13H2,1H3. The summed E-state index contributed by atoms with van der Waals surface area (Å²) in [6.07, 6.45) is 2.36. The van der Waals surface area contributed by atoms with E-state index in [1.165, 1.54) is 5.56 Å². The van der Waals surface area contributed by atoms with Crippen LogP contribution in [0.25, 0.3) is 0 Å². The van der Waals surface area contributed by atoms with E-state index in [2.05, 4.69) is 35.9 Å². The highest BCUT2D eigenvalue weighted by molar-refractivity contribution is 5.36. The fourth-order valence-electron chi connectivity index (χ4n) is 2.58. The van der Waals surface area contributed by atoms with Crippen LogP contribution in [0.15, 0.2) is 24.3 Å². The van der Waals surface area contributed by atoms with Crippen molar-refractivity contribution in [1.29, 1.82) is 0 Å². The van der Waals surface area contributed by atoms with Gasteiger partial charge in [0, 0.05) is 25.1 Å². The van der Waals surface area contributed by atoms with Gasteiger partial charge in [0.15, 0.2) is 0 Å². The van der Waals surface area contributed by atoms with Crippen LogP contribution < -0.4 is 0 Å². The molecule has 1 aliphatic carbocycles. The summed E-state index contributed by atoms with van der Waals surface area (Å²) in [5.74, 6) is 6.60. The fourth-order valence-corrected chi connectivity index (χ4v) is 2.58. The molecule has 1 aromatic rings. The molecule has 3 nitrogen and oxygen atoms in total. The zero-order valence-corrected chi connectivity index (χ0v) is 12.0. The molecule has 0 bridgehead atoms. The van der Waals surface area contributed by atoms with Crippen molar-refractivity contribution >= 4 is 0 Å². The molecular formula is C17H23NO2. The largest absolute Gasteiger partial charge is 0.395 e. The van der Waals surface area contributed by atoms with Crippen molar-refractivity contribution in [2.24, 2.45) is 5.92 Å². The minimum atomic E-state index is -0.0646. The summed E-state index contributed by atoms with van der Waals surface area (Å²) in [5.41, 5.74) is 2.27. The molecule has 0 saturated heterocycles. The van der Waals surface area contributed by atoms with Crippen LogP contribution in [0.4, 0.5) is 0 Å². The van der Waals surface area contributed by atoms with Crippen LogP contribution in [0.5, 0.6) is 0 Å². The number of nitrogens with zero attached hydrogens (tertiary/aromatic N) is 1. The Morgan fingerprint density at radius 1 is 1.25 bits per heavy atom. The topological polar surface area (TPSA) is 43.7 Å². The molecule has 108 valence electrons. The number of aliphatic hydroxyl groups excluding tert-OH is 2. The second-order valence-corrected chi connectivity index (χ2v) is 5.66. The zero-order valence-electron chi connectivity index (χ0n) is 12.0. The average Bonchev–Trinajstić information content (AvgIpc) is 2.39. The van der Waals surface area contributed by atoms with Crippen molar-refractivity contribution in [2.45, 2.75) is 31.9 Å². The molecule has 0 aliphatic heterocycles. The van der Waals surface area contributed by atoms with Crippen molar-refractivity contribution in [3.05, 3.63) is 35.4 Å².